The number of hydrogen-bond donors (Lipinski definition) is 0. The van der Waals surface area contributed by atoms with E-state index in [2.05, 4.69) is 4.74 Å². The van der Waals surface area contributed by atoms with Gasteiger partial charge in [0.1, 0.15) is 6.04 Å². The van der Waals surface area contributed by atoms with E-state index in [1.807, 2.05) is 0 Å². The molecule has 2 amide bonds. The fourth-order valence-electron chi connectivity index (χ4n) is 1.95. The molecule has 12 heteroatoms. The predicted octanol–water partition coefficient (Wildman–Crippen LogP) is 1.74. The molecule has 0 heterocycles. The minimum atomic E-state index is -5.18. The average Bonchev–Trinajstić information content (AvgIpc) is 2.50. The summed E-state index contributed by atoms with van der Waals surface area (Å²) in [7, 11) is 2.63. The topological polar surface area (TPSA) is 66.9 Å². The number of carbonyl (C=O) groups excluding carboxylic acids is 3. The van der Waals surface area contributed by atoms with Gasteiger partial charge in [0.25, 0.3) is 0 Å². The molecule has 0 saturated heterocycles. The summed E-state index contributed by atoms with van der Waals surface area (Å²) in [6.07, 6.45) is -10.5. The second kappa shape index (κ2) is 8.90. The molecule has 0 spiro atoms. The predicted molar refractivity (Wildman–Crippen MR) is 72.2 cm³/mol. The first-order valence-corrected chi connectivity index (χ1v) is 6.97. The van der Waals surface area contributed by atoms with Gasteiger partial charge in [-0.2, -0.15) is 26.3 Å². The number of ether oxygens (including phenoxy) is 1. The first-order valence-electron chi connectivity index (χ1n) is 6.97. The third kappa shape index (κ3) is 7.18. The van der Waals surface area contributed by atoms with E-state index in [9.17, 15) is 40.7 Å². The van der Waals surface area contributed by atoms with E-state index in [1.165, 1.54) is 0 Å². The Morgan fingerprint density at radius 2 is 1.40 bits per heavy atom. The molecule has 0 aliphatic heterocycles. The van der Waals surface area contributed by atoms with Crippen molar-refractivity contribution in [3.05, 3.63) is 0 Å². The van der Waals surface area contributed by atoms with Crippen LogP contribution in [-0.4, -0.2) is 73.7 Å². The molecule has 0 radical (unpaired) electrons. The van der Waals surface area contributed by atoms with E-state index < -0.39 is 36.2 Å². The second-order valence-corrected chi connectivity index (χ2v) is 5.17. The Morgan fingerprint density at radius 1 is 0.920 bits per heavy atom. The molecule has 0 aromatic carbocycles. The van der Waals surface area contributed by atoms with Crippen molar-refractivity contribution in [3.8, 4) is 0 Å². The summed E-state index contributed by atoms with van der Waals surface area (Å²) in [5.74, 6) is -5.38. The van der Waals surface area contributed by atoms with Gasteiger partial charge in [0.15, 0.2) is 0 Å². The van der Waals surface area contributed by atoms with Crippen LogP contribution >= 0.6 is 0 Å². The Morgan fingerprint density at radius 3 is 1.80 bits per heavy atom. The van der Waals surface area contributed by atoms with E-state index in [0.29, 0.717) is 4.90 Å². The summed E-state index contributed by atoms with van der Waals surface area (Å²) >= 11 is 0. The summed E-state index contributed by atoms with van der Waals surface area (Å²) in [4.78, 5) is 34.2. The number of esters is 1. The van der Waals surface area contributed by atoms with Crippen LogP contribution in [0, 0.1) is 0 Å². The van der Waals surface area contributed by atoms with Gasteiger partial charge in [-0.15, -0.1) is 0 Å². The van der Waals surface area contributed by atoms with Crippen molar-refractivity contribution >= 4 is 17.8 Å². The number of methoxy groups -OCH3 is 1. The molecule has 0 aliphatic carbocycles. The second-order valence-electron chi connectivity index (χ2n) is 5.17. The number of rotatable bonds is 7. The molecule has 0 aromatic rings. The highest BCUT2D eigenvalue weighted by Gasteiger charge is 2.45. The zero-order valence-corrected chi connectivity index (χ0v) is 13.7. The number of alkyl halides is 6. The zero-order valence-electron chi connectivity index (χ0n) is 13.7. The van der Waals surface area contributed by atoms with E-state index in [0.717, 1.165) is 21.2 Å². The van der Waals surface area contributed by atoms with Gasteiger partial charge in [-0.1, -0.05) is 0 Å². The molecule has 146 valence electrons. The highest BCUT2D eigenvalue weighted by atomic mass is 19.4. The number of carbonyl (C=O) groups is 3. The van der Waals surface area contributed by atoms with Gasteiger partial charge in [-0.05, 0) is 19.3 Å². The summed E-state index contributed by atoms with van der Waals surface area (Å²) < 4.78 is 78.2. The van der Waals surface area contributed by atoms with Crippen LogP contribution in [0.4, 0.5) is 26.3 Å². The molecule has 1 atom stereocenters. The van der Waals surface area contributed by atoms with Gasteiger partial charge >= 0.3 is 30.1 Å². The molecule has 0 aromatic heterocycles. The summed E-state index contributed by atoms with van der Waals surface area (Å²) in [5, 5.41) is 0. The Kier molecular flexibility index (Phi) is 8.19. The molecule has 0 N–H and O–H groups in total. The lowest BCUT2D eigenvalue weighted by atomic mass is 10.1. The van der Waals surface area contributed by atoms with E-state index in [4.69, 9.17) is 0 Å². The van der Waals surface area contributed by atoms with Gasteiger partial charge in [0.05, 0.1) is 7.11 Å². The van der Waals surface area contributed by atoms with Crippen molar-refractivity contribution < 1.29 is 45.5 Å². The number of likely N-dealkylation sites (N-methyl/N-ethyl adjacent to an activating group) is 1. The highest BCUT2D eigenvalue weighted by molar-refractivity contribution is 5.87. The molecule has 0 saturated carbocycles. The number of amides is 2. The molecule has 1 unspecified atom stereocenters. The fraction of sp³-hybridized carbons (Fsp3) is 0.769. The van der Waals surface area contributed by atoms with Crippen molar-refractivity contribution in [1.82, 2.24) is 9.80 Å². The largest absolute Gasteiger partial charge is 0.471 e. The fourth-order valence-corrected chi connectivity index (χ4v) is 1.95. The summed E-state index contributed by atoms with van der Waals surface area (Å²) in [5.41, 5.74) is 0. The van der Waals surface area contributed by atoms with Crippen LogP contribution in [0.5, 0.6) is 0 Å². The minimum Gasteiger partial charge on any atom is -0.467 e. The van der Waals surface area contributed by atoms with Crippen LogP contribution in [0.3, 0.4) is 0 Å². The van der Waals surface area contributed by atoms with Crippen molar-refractivity contribution in [2.45, 2.75) is 37.7 Å². The molecule has 6 nitrogen and oxygen atoms in total. The maximum absolute atomic E-state index is 12.4. The maximum Gasteiger partial charge on any atom is 0.471 e. The molecule has 0 rings (SSSR count). The Balaban J connectivity index is 4.70. The lowest BCUT2D eigenvalue weighted by molar-refractivity contribution is -0.188. The molecule has 0 fully saturated rings. The van der Waals surface area contributed by atoms with Crippen LogP contribution < -0.4 is 0 Å². The first kappa shape index (κ1) is 23.0. The SMILES string of the molecule is COC(=O)C(CCCCN(C)C(=O)C(F)(F)F)N(C)C(=O)C(F)(F)F. The lowest BCUT2D eigenvalue weighted by Gasteiger charge is -2.27. The Labute approximate surface area is 139 Å². The van der Waals surface area contributed by atoms with Crippen molar-refractivity contribution in [1.29, 1.82) is 0 Å². The van der Waals surface area contributed by atoms with Crippen molar-refractivity contribution in [2.24, 2.45) is 0 Å². The molecule has 0 bridgehead atoms. The number of hydrogen-bond acceptors (Lipinski definition) is 4. The van der Waals surface area contributed by atoms with Gasteiger partial charge < -0.3 is 14.5 Å². The number of unbranched alkanes of at least 4 members (excludes halogenated alkanes) is 1. The van der Waals surface area contributed by atoms with Crippen LogP contribution in [-0.2, 0) is 19.1 Å². The van der Waals surface area contributed by atoms with Gasteiger partial charge in [-0.3, -0.25) is 9.59 Å². The molecular formula is C13H18F6N2O4. The zero-order chi connectivity index (χ0) is 20.0. The maximum atomic E-state index is 12.4. The van der Waals surface area contributed by atoms with Crippen LogP contribution in [0.15, 0.2) is 0 Å². The van der Waals surface area contributed by atoms with E-state index >= 15 is 0 Å². The highest BCUT2D eigenvalue weighted by Crippen LogP contribution is 2.21. The number of nitrogens with zero attached hydrogens (tertiary/aromatic N) is 2. The van der Waals surface area contributed by atoms with Gasteiger partial charge in [0.2, 0.25) is 0 Å². The van der Waals surface area contributed by atoms with E-state index in [1.54, 1.807) is 0 Å². The summed E-state index contributed by atoms with van der Waals surface area (Å²) in [6.45, 7) is -0.316. The quantitative estimate of drug-likeness (QED) is 0.383. The molecular weight excluding hydrogens is 362 g/mol. The van der Waals surface area contributed by atoms with Crippen LogP contribution in [0.1, 0.15) is 19.3 Å². The molecule has 0 aliphatic rings. The van der Waals surface area contributed by atoms with Gasteiger partial charge in [-0.25, -0.2) is 4.79 Å². The minimum absolute atomic E-state index is 0.00921. The van der Waals surface area contributed by atoms with E-state index in [-0.39, 0.29) is 30.7 Å². The lowest BCUT2D eigenvalue weighted by Crippen LogP contribution is -2.48. The summed E-state index contributed by atoms with van der Waals surface area (Å²) in [6, 6.07) is -1.54. The standard InChI is InChI=1S/C13H18F6N2O4/c1-20(10(23)12(14,15)16)7-5-4-6-8(9(22)25-3)21(2)11(24)13(17,18)19/h8H,4-7H2,1-3H3. The Bertz CT molecular complexity index is 492. The number of halogens is 6. The molecule has 25 heavy (non-hydrogen) atoms. The van der Waals surface area contributed by atoms with Crippen molar-refractivity contribution in [2.75, 3.05) is 27.7 Å². The third-order valence-electron chi connectivity index (χ3n) is 3.31. The third-order valence-corrected chi connectivity index (χ3v) is 3.31. The normalized spacial score (nSPS) is 13.2. The monoisotopic (exact) mass is 380 g/mol. The Hall–Kier alpha value is -2.01. The van der Waals surface area contributed by atoms with Crippen LogP contribution in [0.2, 0.25) is 0 Å². The smallest absolute Gasteiger partial charge is 0.467 e. The van der Waals surface area contributed by atoms with Crippen LogP contribution in [0.25, 0.3) is 0 Å². The van der Waals surface area contributed by atoms with Crippen molar-refractivity contribution in [3.63, 3.8) is 0 Å². The average molecular weight is 380 g/mol. The van der Waals surface area contributed by atoms with Gasteiger partial charge in [0, 0.05) is 20.6 Å². The first-order chi connectivity index (χ1) is 11.2.